The van der Waals surface area contributed by atoms with E-state index in [0.717, 1.165) is 16.8 Å². The van der Waals surface area contributed by atoms with Crippen molar-refractivity contribution < 1.29 is 4.74 Å². The molecule has 0 aromatic heterocycles. The molecule has 0 aliphatic carbocycles. The summed E-state index contributed by atoms with van der Waals surface area (Å²) in [7, 11) is 0. The van der Waals surface area contributed by atoms with Crippen LogP contribution in [0.1, 0.15) is 30.9 Å². The monoisotopic (exact) mass is 359 g/mol. The standard InChI is InChI=1S/C19H22BrNO/c1-15-6-5-11-21(15)13-17-9-10-18(12-19(17)20)22-14-16-7-3-2-4-8-16/h2-4,7-10,12,15H,5-6,11,13-14H2,1H3. The van der Waals surface area contributed by atoms with Crippen molar-refractivity contribution in [2.75, 3.05) is 6.54 Å². The summed E-state index contributed by atoms with van der Waals surface area (Å²) < 4.78 is 7.01. The average molecular weight is 360 g/mol. The Hall–Kier alpha value is -1.32. The van der Waals surface area contributed by atoms with E-state index in [1.165, 1.54) is 30.5 Å². The molecular formula is C19H22BrNO. The first kappa shape index (κ1) is 15.6. The normalized spacial score (nSPS) is 18.5. The van der Waals surface area contributed by atoms with Gasteiger partial charge in [-0.2, -0.15) is 0 Å². The molecule has 0 bridgehead atoms. The van der Waals surface area contributed by atoms with E-state index in [1.54, 1.807) is 0 Å². The molecule has 2 aromatic rings. The molecule has 1 aliphatic heterocycles. The van der Waals surface area contributed by atoms with Crippen LogP contribution in [0.25, 0.3) is 0 Å². The van der Waals surface area contributed by atoms with Crippen LogP contribution in [0.2, 0.25) is 0 Å². The molecule has 3 rings (SSSR count). The van der Waals surface area contributed by atoms with E-state index < -0.39 is 0 Å². The molecule has 22 heavy (non-hydrogen) atoms. The fourth-order valence-electron chi connectivity index (χ4n) is 2.93. The van der Waals surface area contributed by atoms with Gasteiger partial charge in [0.15, 0.2) is 0 Å². The Labute approximate surface area is 141 Å². The van der Waals surface area contributed by atoms with E-state index in [2.05, 4.69) is 58.1 Å². The number of hydrogen-bond donors (Lipinski definition) is 0. The van der Waals surface area contributed by atoms with Crippen LogP contribution in [0.5, 0.6) is 5.75 Å². The number of likely N-dealkylation sites (tertiary alicyclic amines) is 1. The summed E-state index contributed by atoms with van der Waals surface area (Å²) in [5.41, 5.74) is 2.52. The molecule has 2 nitrogen and oxygen atoms in total. The Morgan fingerprint density at radius 3 is 2.68 bits per heavy atom. The second-order valence-corrected chi connectivity index (χ2v) is 6.84. The molecule has 0 saturated carbocycles. The van der Waals surface area contributed by atoms with Crippen molar-refractivity contribution in [3.8, 4) is 5.75 Å². The maximum atomic E-state index is 5.88. The SMILES string of the molecule is CC1CCCN1Cc1ccc(OCc2ccccc2)cc1Br. The van der Waals surface area contributed by atoms with Crippen LogP contribution in [0.3, 0.4) is 0 Å². The van der Waals surface area contributed by atoms with Crippen molar-refractivity contribution >= 4 is 15.9 Å². The van der Waals surface area contributed by atoms with Gasteiger partial charge in [0, 0.05) is 17.1 Å². The molecule has 1 saturated heterocycles. The fourth-order valence-corrected chi connectivity index (χ4v) is 3.42. The first-order valence-corrected chi connectivity index (χ1v) is 8.71. The highest BCUT2D eigenvalue weighted by Crippen LogP contribution is 2.27. The number of halogens is 1. The van der Waals surface area contributed by atoms with Crippen molar-refractivity contribution in [1.82, 2.24) is 4.90 Å². The Kier molecular flexibility index (Phi) is 5.16. The molecule has 0 N–H and O–H groups in total. The van der Waals surface area contributed by atoms with E-state index >= 15 is 0 Å². The summed E-state index contributed by atoms with van der Waals surface area (Å²) in [5, 5.41) is 0. The molecule has 2 aromatic carbocycles. The van der Waals surface area contributed by atoms with Crippen molar-refractivity contribution in [2.24, 2.45) is 0 Å². The molecule has 1 fully saturated rings. The van der Waals surface area contributed by atoms with Gasteiger partial charge in [0.05, 0.1) is 0 Å². The van der Waals surface area contributed by atoms with Crippen molar-refractivity contribution in [3.63, 3.8) is 0 Å². The number of hydrogen-bond acceptors (Lipinski definition) is 2. The second-order valence-electron chi connectivity index (χ2n) is 5.99. The number of benzene rings is 2. The summed E-state index contributed by atoms with van der Waals surface area (Å²) in [4.78, 5) is 2.55. The minimum Gasteiger partial charge on any atom is -0.489 e. The smallest absolute Gasteiger partial charge is 0.120 e. The molecule has 116 valence electrons. The molecule has 0 spiro atoms. The van der Waals surface area contributed by atoms with Crippen LogP contribution < -0.4 is 4.74 Å². The highest BCUT2D eigenvalue weighted by atomic mass is 79.9. The Morgan fingerprint density at radius 1 is 1.18 bits per heavy atom. The third kappa shape index (κ3) is 3.90. The van der Waals surface area contributed by atoms with E-state index in [4.69, 9.17) is 4.74 Å². The van der Waals surface area contributed by atoms with Gasteiger partial charge < -0.3 is 4.74 Å². The molecule has 1 aliphatic rings. The first-order valence-electron chi connectivity index (χ1n) is 7.91. The quantitative estimate of drug-likeness (QED) is 0.743. The van der Waals surface area contributed by atoms with E-state index in [-0.39, 0.29) is 0 Å². The average Bonchev–Trinajstić information content (AvgIpc) is 2.94. The third-order valence-electron chi connectivity index (χ3n) is 4.34. The summed E-state index contributed by atoms with van der Waals surface area (Å²) >= 11 is 3.69. The lowest BCUT2D eigenvalue weighted by Crippen LogP contribution is -2.26. The summed E-state index contributed by atoms with van der Waals surface area (Å²) in [6.07, 6.45) is 2.63. The van der Waals surface area contributed by atoms with Crippen LogP contribution in [-0.2, 0) is 13.2 Å². The molecular weight excluding hydrogens is 338 g/mol. The van der Waals surface area contributed by atoms with Crippen molar-refractivity contribution in [3.05, 3.63) is 64.1 Å². The van der Waals surface area contributed by atoms with E-state index in [9.17, 15) is 0 Å². The Morgan fingerprint density at radius 2 is 2.00 bits per heavy atom. The van der Waals surface area contributed by atoms with Gasteiger partial charge in [-0.05, 0) is 49.6 Å². The zero-order valence-corrected chi connectivity index (χ0v) is 14.6. The van der Waals surface area contributed by atoms with Crippen LogP contribution >= 0.6 is 15.9 Å². The zero-order valence-electron chi connectivity index (χ0n) is 13.0. The Bertz CT molecular complexity index is 614. The van der Waals surface area contributed by atoms with Gasteiger partial charge in [-0.1, -0.05) is 52.3 Å². The van der Waals surface area contributed by atoms with Crippen molar-refractivity contribution in [2.45, 2.75) is 39.0 Å². The maximum absolute atomic E-state index is 5.88. The summed E-state index contributed by atoms with van der Waals surface area (Å²) in [6.45, 7) is 5.15. The highest BCUT2D eigenvalue weighted by molar-refractivity contribution is 9.10. The lowest BCUT2D eigenvalue weighted by molar-refractivity contribution is 0.259. The lowest BCUT2D eigenvalue weighted by atomic mass is 10.2. The highest BCUT2D eigenvalue weighted by Gasteiger charge is 2.20. The van der Waals surface area contributed by atoms with Crippen LogP contribution in [0, 0.1) is 0 Å². The number of rotatable bonds is 5. The minimum absolute atomic E-state index is 0.607. The van der Waals surface area contributed by atoms with E-state index in [1.807, 2.05) is 18.2 Å². The second kappa shape index (κ2) is 7.30. The van der Waals surface area contributed by atoms with Crippen LogP contribution in [0.4, 0.5) is 0 Å². The molecule has 1 unspecified atom stereocenters. The Balaban J connectivity index is 1.62. The van der Waals surface area contributed by atoms with Gasteiger partial charge in [0.2, 0.25) is 0 Å². The number of nitrogens with zero attached hydrogens (tertiary/aromatic N) is 1. The van der Waals surface area contributed by atoms with Crippen LogP contribution in [0.15, 0.2) is 53.0 Å². The largest absolute Gasteiger partial charge is 0.489 e. The number of ether oxygens (including phenoxy) is 1. The van der Waals surface area contributed by atoms with Gasteiger partial charge in [-0.3, -0.25) is 4.90 Å². The molecule has 1 atom stereocenters. The minimum atomic E-state index is 0.607. The molecule has 1 heterocycles. The zero-order chi connectivity index (χ0) is 15.4. The first-order chi connectivity index (χ1) is 10.7. The van der Waals surface area contributed by atoms with Gasteiger partial charge in [-0.15, -0.1) is 0 Å². The topological polar surface area (TPSA) is 12.5 Å². The van der Waals surface area contributed by atoms with E-state index in [0.29, 0.717) is 12.6 Å². The molecule has 0 radical (unpaired) electrons. The van der Waals surface area contributed by atoms with Gasteiger partial charge in [-0.25, -0.2) is 0 Å². The molecule has 3 heteroatoms. The summed E-state index contributed by atoms with van der Waals surface area (Å²) in [5.74, 6) is 0.911. The fraction of sp³-hybridized carbons (Fsp3) is 0.368. The predicted molar refractivity (Wildman–Crippen MR) is 94.0 cm³/mol. The third-order valence-corrected chi connectivity index (χ3v) is 5.08. The van der Waals surface area contributed by atoms with Crippen molar-refractivity contribution in [1.29, 1.82) is 0 Å². The molecule has 0 amide bonds. The predicted octanol–water partition coefficient (Wildman–Crippen LogP) is 5.01. The maximum Gasteiger partial charge on any atom is 0.120 e. The van der Waals surface area contributed by atoms with Gasteiger partial charge in [0.1, 0.15) is 12.4 Å². The van der Waals surface area contributed by atoms with Crippen LogP contribution in [-0.4, -0.2) is 17.5 Å². The summed E-state index contributed by atoms with van der Waals surface area (Å²) in [6, 6.07) is 17.3. The van der Waals surface area contributed by atoms with Gasteiger partial charge in [0.25, 0.3) is 0 Å². The van der Waals surface area contributed by atoms with Gasteiger partial charge >= 0.3 is 0 Å². The lowest BCUT2D eigenvalue weighted by Gasteiger charge is -2.21.